The van der Waals surface area contributed by atoms with Crippen molar-refractivity contribution in [3.05, 3.63) is 16.3 Å². The Morgan fingerprint density at radius 1 is 1.41 bits per heavy atom. The summed E-state index contributed by atoms with van der Waals surface area (Å²) in [6.07, 6.45) is 0.776. The van der Waals surface area contributed by atoms with E-state index in [1.807, 2.05) is 4.72 Å². The zero-order valence-electron chi connectivity index (χ0n) is 8.58. The van der Waals surface area contributed by atoms with E-state index in [0.717, 1.165) is 17.6 Å². The molecular weight excluding hydrogens is 290 g/mol. The molecule has 0 amide bonds. The van der Waals surface area contributed by atoms with Crippen molar-refractivity contribution in [2.24, 2.45) is 0 Å². The van der Waals surface area contributed by atoms with Crippen LogP contribution in [0, 0.1) is 0 Å². The van der Waals surface area contributed by atoms with E-state index in [-0.39, 0.29) is 10.6 Å². The standard InChI is InChI=1S/C7H9NO6S3/c1-16(11,12)4-17(13,14)8-5-2-3-15-6(5)7(9)10/h2-3,8H,4H2,1H3,(H,9,10). The van der Waals surface area contributed by atoms with E-state index >= 15 is 0 Å². The quantitative estimate of drug-likeness (QED) is 0.801. The number of carboxylic acids is 1. The fraction of sp³-hybridized carbons (Fsp3) is 0.286. The van der Waals surface area contributed by atoms with E-state index in [4.69, 9.17) is 5.11 Å². The Balaban J connectivity index is 2.99. The molecule has 0 aliphatic rings. The second-order valence-corrected chi connectivity index (χ2v) is 8.37. The molecule has 0 atom stereocenters. The van der Waals surface area contributed by atoms with Gasteiger partial charge in [0.25, 0.3) is 0 Å². The third kappa shape index (κ3) is 4.32. The molecule has 1 heterocycles. The highest BCUT2D eigenvalue weighted by Crippen LogP contribution is 2.23. The first-order valence-electron chi connectivity index (χ1n) is 4.10. The van der Waals surface area contributed by atoms with Crippen LogP contribution in [0.1, 0.15) is 9.67 Å². The Labute approximate surface area is 102 Å². The van der Waals surface area contributed by atoms with Crippen LogP contribution in [0.5, 0.6) is 0 Å². The van der Waals surface area contributed by atoms with Gasteiger partial charge in [-0.2, -0.15) is 0 Å². The van der Waals surface area contributed by atoms with Crippen molar-refractivity contribution in [2.75, 3.05) is 16.1 Å². The predicted molar refractivity (Wildman–Crippen MR) is 63.5 cm³/mol. The van der Waals surface area contributed by atoms with Crippen LogP contribution in [0.4, 0.5) is 5.69 Å². The molecular formula is C7H9NO6S3. The van der Waals surface area contributed by atoms with E-state index in [0.29, 0.717) is 0 Å². The van der Waals surface area contributed by atoms with E-state index in [1.54, 1.807) is 0 Å². The average Bonchev–Trinajstić information content (AvgIpc) is 2.45. The topological polar surface area (TPSA) is 118 Å². The number of hydrogen-bond acceptors (Lipinski definition) is 6. The number of sulfonamides is 1. The van der Waals surface area contributed by atoms with Crippen LogP contribution >= 0.6 is 11.3 Å². The van der Waals surface area contributed by atoms with Gasteiger partial charge in [0.2, 0.25) is 10.0 Å². The number of rotatable bonds is 5. The van der Waals surface area contributed by atoms with E-state index in [2.05, 4.69) is 0 Å². The predicted octanol–water partition coefficient (Wildman–Crippen LogP) is 0.190. The summed E-state index contributed by atoms with van der Waals surface area (Å²) in [5.41, 5.74) is -0.133. The van der Waals surface area contributed by atoms with E-state index in [9.17, 15) is 21.6 Å². The van der Waals surface area contributed by atoms with E-state index < -0.39 is 30.9 Å². The fourth-order valence-electron chi connectivity index (χ4n) is 1.03. The van der Waals surface area contributed by atoms with Gasteiger partial charge < -0.3 is 5.11 Å². The highest BCUT2D eigenvalue weighted by Gasteiger charge is 2.21. The zero-order chi connectivity index (χ0) is 13.3. The number of carboxylic acid groups (broad SMARTS) is 1. The van der Waals surface area contributed by atoms with Gasteiger partial charge in [0, 0.05) is 6.26 Å². The van der Waals surface area contributed by atoms with Gasteiger partial charge in [0.1, 0.15) is 4.88 Å². The van der Waals surface area contributed by atoms with Crippen molar-refractivity contribution >= 4 is 42.9 Å². The summed E-state index contributed by atoms with van der Waals surface area (Å²) in [5.74, 6) is -1.28. The normalized spacial score (nSPS) is 12.3. The number of sulfone groups is 1. The van der Waals surface area contributed by atoms with Crippen LogP contribution < -0.4 is 4.72 Å². The molecule has 1 rings (SSSR count). The number of thiophene rings is 1. The lowest BCUT2D eigenvalue weighted by molar-refractivity contribution is 0.0703. The molecule has 96 valence electrons. The van der Waals surface area contributed by atoms with Crippen molar-refractivity contribution in [2.45, 2.75) is 0 Å². The van der Waals surface area contributed by atoms with E-state index in [1.165, 1.54) is 11.4 Å². The summed E-state index contributed by atoms with van der Waals surface area (Å²) in [6.45, 7) is 0. The Bertz CT molecular complexity index is 626. The molecule has 10 heteroatoms. The molecule has 0 fully saturated rings. The minimum absolute atomic E-state index is 0.133. The molecule has 0 aliphatic heterocycles. The third-order valence-electron chi connectivity index (χ3n) is 1.49. The van der Waals surface area contributed by atoms with Crippen molar-refractivity contribution in [3.8, 4) is 0 Å². The molecule has 0 saturated carbocycles. The van der Waals surface area contributed by atoms with Crippen LogP contribution in [-0.2, 0) is 19.9 Å². The highest BCUT2D eigenvalue weighted by molar-refractivity contribution is 8.08. The number of carbonyl (C=O) groups is 1. The van der Waals surface area contributed by atoms with Crippen molar-refractivity contribution in [1.29, 1.82) is 0 Å². The largest absolute Gasteiger partial charge is 0.477 e. The first kappa shape index (κ1) is 13.9. The summed E-state index contributed by atoms with van der Waals surface area (Å²) in [6, 6.07) is 1.26. The van der Waals surface area contributed by atoms with Gasteiger partial charge >= 0.3 is 5.97 Å². The van der Waals surface area contributed by atoms with Crippen molar-refractivity contribution in [3.63, 3.8) is 0 Å². The summed E-state index contributed by atoms with van der Waals surface area (Å²) in [7, 11) is -7.83. The Morgan fingerprint density at radius 2 is 2.00 bits per heavy atom. The van der Waals surface area contributed by atoms with Gasteiger partial charge in [-0.3, -0.25) is 4.72 Å². The SMILES string of the molecule is CS(=O)(=O)CS(=O)(=O)Nc1ccsc1C(=O)O. The number of nitrogens with one attached hydrogen (secondary N) is 1. The summed E-state index contributed by atoms with van der Waals surface area (Å²) in [4.78, 5) is 10.5. The van der Waals surface area contributed by atoms with Crippen LogP contribution in [0.25, 0.3) is 0 Å². The summed E-state index contributed by atoms with van der Waals surface area (Å²) in [5, 5.41) is 9.04. The maximum atomic E-state index is 11.4. The van der Waals surface area contributed by atoms with Crippen LogP contribution in [0.3, 0.4) is 0 Å². The monoisotopic (exact) mass is 299 g/mol. The molecule has 0 saturated heterocycles. The molecule has 0 aromatic carbocycles. The lowest BCUT2D eigenvalue weighted by Crippen LogP contribution is -2.22. The molecule has 1 aromatic rings. The summed E-state index contributed by atoms with van der Waals surface area (Å²) >= 11 is 0.840. The molecule has 0 radical (unpaired) electrons. The smallest absolute Gasteiger partial charge is 0.348 e. The van der Waals surface area contributed by atoms with Gasteiger partial charge in [-0.15, -0.1) is 11.3 Å². The Morgan fingerprint density at radius 3 is 2.47 bits per heavy atom. The Hall–Kier alpha value is -1.13. The molecule has 0 spiro atoms. The van der Waals surface area contributed by atoms with Gasteiger partial charge in [0.15, 0.2) is 14.9 Å². The maximum Gasteiger partial charge on any atom is 0.348 e. The van der Waals surface area contributed by atoms with Crippen LogP contribution in [-0.4, -0.2) is 39.3 Å². The first-order chi connectivity index (χ1) is 7.61. The first-order valence-corrected chi connectivity index (χ1v) is 8.69. The van der Waals surface area contributed by atoms with Gasteiger partial charge in [-0.05, 0) is 11.4 Å². The molecule has 1 aromatic heterocycles. The second-order valence-electron chi connectivity index (χ2n) is 3.23. The zero-order valence-corrected chi connectivity index (χ0v) is 11.0. The molecule has 0 bridgehead atoms. The van der Waals surface area contributed by atoms with Crippen LogP contribution in [0.15, 0.2) is 11.4 Å². The highest BCUT2D eigenvalue weighted by atomic mass is 32.3. The number of aromatic carboxylic acids is 1. The number of hydrogen-bond donors (Lipinski definition) is 2. The molecule has 0 aliphatic carbocycles. The summed E-state index contributed by atoms with van der Waals surface area (Å²) < 4.78 is 46.5. The van der Waals surface area contributed by atoms with Gasteiger partial charge in [-0.1, -0.05) is 0 Å². The minimum Gasteiger partial charge on any atom is -0.477 e. The maximum absolute atomic E-state index is 11.4. The lowest BCUT2D eigenvalue weighted by atomic mass is 10.4. The van der Waals surface area contributed by atoms with Crippen LogP contribution in [0.2, 0.25) is 0 Å². The fourth-order valence-corrected chi connectivity index (χ4v) is 4.78. The minimum atomic E-state index is -4.11. The van der Waals surface area contributed by atoms with Gasteiger partial charge in [0.05, 0.1) is 5.69 Å². The number of anilines is 1. The second kappa shape index (κ2) is 4.63. The lowest BCUT2D eigenvalue weighted by Gasteiger charge is -2.05. The molecule has 7 nitrogen and oxygen atoms in total. The molecule has 17 heavy (non-hydrogen) atoms. The molecule has 2 N–H and O–H groups in total. The molecule has 0 unspecified atom stereocenters. The Kier molecular flexibility index (Phi) is 3.79. The van der Waals surface area contributed by atoms with Crippen molar-refractivity contribution in [1.82, 2.24) is 0 Å². The average molecular weight is 299 g/mol. The van der Waals surface area contributed by atoms with Crippen molar-refractivity contribution < 1.29 is 26.7 Å². The third-order valence-corrected chi connectivity index (χ3v) is 5.88. The van der Waals surface area contributed by atoms with Gasteiger partial charge in [-0.25, -0.2) is 21.6 Å².